The van der Waals surface area contributed by atoms with Gasteiger partial charge in [0.15, 0.2) is 0 Å². The van der Waals surface area contributed by atoms with Crippen molar-refractivity contribution in [2.75, 3.05) is 23.3 Å². The van der Waals surface area contributed by atoms with Crippen LogP contribution in [-0.4, -0.2) is 24.9 Å². The van der Waals surface area contributed by atoms with Gasteiger partial charge >= 0.3 is 0 Å². The molecule has 0 spiro atoms. The van der Waals surface area contributed by atoms with Gasteiger partial charge in [0.05, 0.1) is 10.6 Å². The Morgan fingerprint density at radius 1 is 1.03 bits per heavy atom. The lowest BCUT2D eigenvalue weighted by Gasteiger charge is -2.21. The molecule has 1 heterocycles. The summed E-state index contributed by atoms with van der Waals surface area (Å²) in [6.07, 6.45) is 1.12. The first kappa shape index (κ1) is 21.8. The predicted molar refractivity (Wildman–Crippen MR) is 125 cm³/mol. The van der Waals surface area contributed by atoms with Crippen molar-refractivity contribution in [2.45, 2.75) is 19.4 Å². The average molecular weight is 452 g/mol. The maximum Gasteiger partial charge on any atom is 0.252 e. The lowest BCUT2D eigenvalue weighted by Crippen LogP contribution is -2.28. The zero-order chi connectivity index (χ0) is 22.5. The molecular weight excluding hydrogens is 429 g/mol. The van der Waals surface area contributed by atoms with Crippen molar-refractivity contribution in [2.24, 2.45) is 0 Å². The van der Waals surface area contributed by atoms with E-state index in [-0.39, 0.29) is 29.5 Å². The van der Waals surface area contributed by atoms with Crippen molar-refractivity contribution in [3.8, 4) is 0 Å². The highest BCUT2D eigenvalue weighted by molar-refractivity contribution is 6.33. The number of nitrogens with zero attached hydrogens (tertiary/aromatic N) is 1. The van der Waals surface area contributed by atoms with Crippen LogP contribution in [0.2, 0.25) is 5.02 Å². The van der Waals surface area contributed by atoms with E-state index in [0.29, 0.717) is 6.54 Å². The quantitative estimate of drug-likeness (QED) is 0.542. The van der Waals surface area contributed by atoms with E-state index in [9.17, 15) is 14.0 Å². The number of carbonyl (C=O) groups excluding carboxylic acids is 2. The van der Waals surface area contributed by atoms with Gasteiger partial charge in [0, 0.05) is 37.4 Å². The molecule has 0 atom stereocenters. The van der Waals surface area contributed by atoms with Gasteiger partial charge in [-0.05, 0) is 47.9 Å². The number of halogens is 2. The summed E-state index contributed by atoms with van der Waals surface area (Å²) in [6.45, 7) is 1.78. The zero-order valence-corrected chi connectivity index (χ0v) is 18.2. The van der Waals surface area contributed by atoms with Crippen LogP contribution in [0.5, 0.6) is 0 Å². The van der Waals surface area contributed by atoms with E-state index in [1.807, 2.05) is 30.3 Å². The standard InChI is InChI=1S/C25H23ClFN3O2/c26-21-15-19(27)9-10-20(21)25(32)28-13-11-24(31)29-22-7-3-1-6-18(22)16-30-14-12-17-5-2-4-8-23(17)30/h1-10,15H,11-14,16H2,(H,28,32)(H,29,31). The Kier molecular flexibility index (Phi) is 6.71. The second-order valence-corrected chi connectivity index (χ2v) is 8.04. The van der Waals surface area contributed by atoms with Crippen LogP contribution < -0.4 is 15.5 Å². The largest absolute Gasteiger partial charge is 0.367 e. The molecule has 2 N–H and O–H groups in total. The Labute approximate surface area is 191 Å². The van der Waals surface area contributed by atoms with Gasteiger partial charge < -0.3 is 15.5 Å². The Morgan fingerprint density at radius 3 is 2.66 bits per heavy atom. The highest BCUT2D eigenvalue weighted by Crippen LogP contribution is 2.30. The Balaban J connectivity index is 1.33. The highest BCUT2D eigenvalue weighted by Gasteiger charge is 2.19. The minimum Gasteiger partial charge on any atom is -0.367 e. The van der Waals surface area contributed by atoms with Gasteiger partial charge in [-0.3, -0.25) is 9.59 Å². The van der Waals surface area contributed by atoms with Crippen molar-refractivity contribution in [1.82, 2.24) is 5.32 Å². The highest BCUT2D eigenvalue weighted by atomic mass is 35.5. The van der Waals surface area contributed by atoms with Crippen LogP contribution in [0.4, 0.5) is 15.8 Å². The van der Waals surface area contributed by atoms with E-state index in [0.717, 1.165) is 30.3 Å². The van der Waals surface area contributed by atoms with Crippen LogP contribution >= 0.6 is 11.6 Å². The van der Waals surface area contributed by atoms with E-state index in [4.69, 9.17) is 11.6 Å². The van der Waals surface area contributed by atoms with Crippen LogP contribution in [0, 0.1) is 5.82 Å². The Hall–Kier alpha value is -3.38. The lowest BCUT2D eigenvalue weighted by molar-refractivity contribution is -0.116. The normalized spacial score (nSPS) is 12.4. The number of fused-ring (bicyclic) bond motifs is 1. The summed E-state index contributed by atoms with van der Waals surface area (Å²) in [6, 6.07) is 19.7. The molecule has 3 aromatic carbocycles. The van der Waals surface area contributed by atoms with Crippen molar-refractivity contribution >= 4 is 34.8 Å². The lowest BCUT2D eigenvalue weighted by atomic mass is 10.1. The molecule has 0 unspecified atom stereocenters. The van der Waals surface area contributed by atoms with Crippen molar-refractivity contribution in [3.05, 3.63) is 94.3 Å². The average Bonchev–Trinajstić information content (AvgIpc) is 3.18. The monoisotopic (exact) mass is 451 g/mol. The molecule has 3 aromatic rings. The van der Waals surface area contributed by atoms with Gasteiger partial charge in [-0.15, -0.1) is 0 Å². The summed E-state index contributed by atoms with van der Waals surface area (Å²) in [4.78, 5) is 27.0. The molecular formula is C25H23ClFN3O2. The molecule has 0 aliphatic carbocycles. The van der Waals surface area contributed by atoms with Crippen LogP contribution in [-0.2, 0) is 17.8 Å². The molecule has 32 heavy (non-hydrogen) atoms. The molecule has 2 amide bonds. The maximum absolute atomic E-state index is 13.1. The van der Waals surface area contributed by atoms with Gasteiger partial charge in [0.25, 0.3) is 5.91 Å². The number of amides is 2. The fourth-order valence-electron chi connectivity index (χ4n) is 3.83. The molecule has 0 saturated heterocycles. The molecule has 1 aliphatic heterocycles. The molecule has 7 heteroatoms. The van der Waals surface area contributed by atoms with E-state index in [1.54, 1.807) is 0 Å². The van der Waals surface area contributed by atoms with Crippen molar-refractivity contribution in [3.63, 3.8) is 0 Å². The molecule has 0 saturated carbocycles. The number of rotatable bonds is 7. The molecule has 0 fully saturated rings. The summed E-state index contributed by atoms with van der Waals surface area (Å²) >= 11 is 5.91. The number of nitrogens with one attached hydrogen (secondary N) is 2. The van der Waals surface area contributed by atoms with Crippen molar-refractivity contribution in [1.29, 1.82) is 0 Å². The number of carbonyl (C=O) groups is 2. The topological polar surface area (TPSA) is 61.4 Å². The minimum absolute atomic E-state index is 0.0318. The van der Waals surface area contributed by atoms with Crippen LogP contribution in [0.3, 0.4) is 0 Å². The van der Waals surface area contributed by atoms with E-state index in [1.165, 1.54) is 23.4 Å². The molecule has 5 nitrogen and oxygen atoms in total. The fraction of sp³-hybridized carbons (Fsp3) is 0.200. The third kappa shape index (κ3) is 5.08. The van der Waals surface area contributed by atoms with Gasteiger partial charge in [-0.25, -0.2) is 4.39 Å². The number of benzene rings is 3. The van der Waals surface area contributed by atoms with Gasteiger partial charge in [0.1, 0.15) is 5.82 Å². The number of hydrogen-bond acceptors (Lipinski definition) is 3. The molecule has 0 aromatic heterocycles. The number of para-hydroxylation sites is 2. The molecule has 4 rings (SSSR count). The summed E-state index contributed by atoms with van der Waals surface area (Å²) in [7, 11) is 0. The van der Waals surface area contributed by atoms with Crippen molar-refractivity contribution < 1.29 is 14.0 Å². The smallest absolute Gasteiger partial charge is 0.252 e. The van der Waals surface area contributed by atoms with E-state index >= 15 is 0 Å². The summed E-state index contributed by atoms with van der Waals surface area (Å²) < 4.78 is 13.1. The second-order valence-electron chi connectivity index (χ2n) is 7.64. The zero-order valence-electron chi connectivity index (χ0n) is 17.4. The first-order valence-corrected chi connectivity index (χ1v) is 10.8. The number of hydrogen-bond donors (Lipinski definition) is 2. The Bertz CT molecular complexity index is 1150. The predicted octanol–water partition coefficient (Wildman–Crippen LogP) is 4.80. The number of anilines is 2. The minimum atomic E-state index is -0.512. The molecule has 0 radical (unpaired) electrons. The first-order chi connectivity index (χ1) is 15.5. The van der Waals surface area contributed by atoms with Gasteiger partial charge in [-0.2, -0.15) is 0 Å². The van der Waals surface area contributed by atoms with Crippen LogP contribution in [0.15, 0.2) is 66.7 Å². The fourth-order valence-corrected chi connectivity index (χ4v) is 4.08. The van der Waals surface area contributed by atoms with Gasteiger partial charge in [-0.1, -0.05) is 48.0 Å². The SMILES string of the molecule is O=C(CCNC(=O)c1ccc(F)cc1Cl)Nc1ccccc1CN1CCc2ccccc21. The summed E-state index contributed by atoms with van der Waals surface area (Å²) in [5.74, 6) is -1.16. The van der Waals surface area contributed by atoms with Crippen LogP contribution in [0.1, 0.15) is 27.9 Å². The maximum atomic E-state index is 13.1. The molecule has 1 aliphatic rings. The van der Waals surface area contributed by atoms with Crippen LogP contribution in [0.25, 0.3) is 0 Å². The molecule has 0 bridgehead atoms. The summed E-state index contributed by atoms with van der Waals surface area (Å²) in [5, 5.41) is 5.63. The molecule has 164 valence electrons. The summed E-state index contributed by atoms with van der Waals surface area (Å²) in [5.41, 5.74) is 4.53. The first-order valence-electron chi connectivity index (χ1n) is 10.4. The van der Waals surface area contributed by atoms with E-state index < -0.39 is 11.7 Å². The van der Waals surface area contributed by atoms with Gasteiger partial charge in [0.2, 0.25) is 5.91 Å². The Morgan fingerprint density at radius 2 is 1.81 bits per heavy atom. The third-order valence-corrected chi connectivity index (χ3v) is 5.76. The van der Waals surface area contributed by atoms with E-state index in [2.05, 4.69) is 33.7 Å². The third-order valence-electron chi connectivity index (χ3n) is 5.45. The second kappa shape index (κ2) is 9.83.